The van der Waals surface area contributed by atoms with Gasteiger partial charge in [-0.1, -0.05) is 0 Å². The molecule has 4 heteroatoms. The fraction of sp³-hybridized carbons (Fsp3) is 0. The summed E-state index contributed by atoms with van der Waals surface area (Å²) in [5.74, 6) is -0.738. The van der Waals surface area contributed by atoms with Gasteiger partial charge in [-0.15, -0.1) is 0 Å². The molecular formula is C11H6F2IN. The molecule has 0 aliphatic rings. The van der Waals surface area contributed by atoms with Gasteiger partial charge in [-0.05, 0) is 52.9 Å². The summed E-state index contributed by atoms with van der Waals surface area (Å²) in [6.07, 6.45) is 1.57. The zero-order chi connectivity index (χ0) is 10.8. The van der Waals surface area contributed by atoms with Gasteiger partial charge in [0.05, 0.1) is 0 Å². The lowest BCUT2D eigenvalue weighted by molar-refractivity contribution is 0.622. The molecular weight excluding hydrogens is 311 g/mol. The number of rotatable bonds is 1. The van der Waals surface area contributed by atoms with E-state index < -0.39 is 5.82 Å². The van der Waals surface area contributed by atoms with Crippen LogP contribution >= 0.6 is 22.6 Å². The maximum Gasteiger partial charge on any atom is 0.150 e. The first kappa shape index (κ1) is 10.5. The van der Waals surface area contributed by atoms with Crippen LogP contribution in [0.2, 0.25) is 0 Å². The predicted octanol–water partition coefficient (Wildman–Crippen LogP) is 3.63. The number of pyridine rings is 1. The van der Waals surface area contributed by atoms with Gasteiger partial charge in [-0.25, -0.2) is 8.78 Å². The first-order valence-corrected chi connectivity index (χ1v) is 5.31. The highest BCUT2D eigenvalue weighted by Crippen LogP contribution is 2.21. The standard InChI is InChI=1S/C11H6F2IN/c12-8-3-1-7(2-4-8)11-10(13)5-9(14)6-15-11/h1-6H. The van der Waals surface area contributed by atoms with E-state index >= 15 is 0 Å². The summed E-state index contributed by atoms with van der Waals surface area (Å²) in [6, 6.07) is 6.98. The summed E-state index contributed by atoms with van der Waals surface area (Å²) in [6.45, 7) is 0. The van der Waals surface area contributed by atoms with Crippen molar-refractivity contribution in [3.63, 3.8) is 0 Å². The van der Waals surface area contributed by atoms with Crippen molar-refractivity contribution in [2.24, 2.45) is 0 Å². The van der Waals surface area contributed by atoms with Gasteiger partial charge in [0, 0.05) is 15.3 Å². The van der Waals surface area contributed by atoms with Gasteiger partial charge in [-0.3, -0.25) is 4.98 Å². The summed E-state index contributed by atoms with van der Waals surface area (Å²) in [7, 11) is 0. The fourth-order valence-corrected chi connectivity index (χ4v) is 1.65. The highest BCUT2D eigenvalue weighted by Gasteiger charge is 2.06. The molecule has 2 aromatic rings. The lowest BCUT2D eigenvalue weighted by atomic mass is 10.1. The maximum atomic E-state index is 13.5. The van der Waals surface area contributed by atoms with Crippen LogP contribution in [0.1, 0.15) is 0 Å². The number of nitrogens with zero attached hydrogens (tertiary/aromatic N) is 1. The molecule has 0 saturated heterocycles. The summed E-state index contributed by atoms with van der Waals surface area (Å²) >= 11 is 1.98. The van der Waals surface area contributed by atoms with E-state index in [1.54, 1.807) is 6.20 Å². The van der Waals surface area contributed by atoms with Gasteiger partial charge in [0.15, 0.2) is 5.82 Å². The van der Waals surface area contributed by atoms with Crippen LogP contribution in [0.15, 0.2) is 36.5 Å². The third-order valence-electron chi connectivity index (χ3n) is 1.93. The average Bonchev–Trinajstić information content (AvgIpc) is 2.20. The van der Waals surface area contributed by atoms with Crippen LogP contribution in [0.3, 0.4) is 0 Å². The van der Waals surface area contributed by atoms with Crippen molar-refractivity contribution in [2.45, 2.75) is 0 Å². The summed E-state index contributed by atoms with van der Waals surface area (Å²) in [5, 5.41) is 0. The molecule has 0 saturated carbocycles. The minimum absolute atomic E-state index is 0.246. The molecule has 0 aliphatic heterocycles. The molecule has 15 heavy (non-hydrogen) atoms. The second-order valence-electron chi connectivity index (χ2n) is 2.99. The van der Waals surface area contributed by atoms with E-state index in [1.165, 1.54) is 30.3 Å². The Balaban J connectivity index is 2.49. The van der Waals surface area contributed by atoms with Crippen molar-refractivity contribution >= 4 is 22.6 Å². The van der Waals surface area contributed by atoms with Crippen molar-refractivity contribution < 1.29 is 8.78 Å². The Morgan fingerprint density at radius 3 is 2.33 bits per heavy atom. The average molecular weight is 317 g/mol. The van der Waals surface area contributed by atoms with Crippen molar-refractivity contribution in [3.05, 3.63) is 51.7 Å². The van der Waals surface area contributed by atoms with E-state index in [4.69, 9.17) is 0 Å². The molecule has 1 nitrogen and oxygen atoms in total. The maximum absolute atomic E-state index is 13.5. The summed E-state index contributed by atoms with van der Waals surface area (Å²) in [4.78, 5) is 3.97. The topological polar surface area (TPSA) is 12.9 Å². The van der Waals surface area contributed by atoms with Crippen LogP contribution in [0, 0.1) is 15.2 Å². The highest BCUT2D eigenvalue weighted by atomic mass is 127. The van der Waals surface area contributed by atoms with Crippen molar-refractivity contribution in [2.75, 3.05) is 0 Å². The molecule has 2 rings (SSSR count). The smallest absolute Gasteiger partial charge is 0.150 e. The molecule has 0 N–H and O–H groups in total. The summed E-state index contributed by atoms with van der Waals surface area (Å²) < 4.78 is 26.9. The number of benzene rings is 1. The Morgan fingerprint density at radius 1 is 1.07 bits per heavy atom. The molecule has 1 aromatic heterocycles. The van der Waals surface area contributed by atoms with Crippen LogP contribution in [0.4, 0.5) is 8.78 Å². The van der Waals surface area contributed by atoms with Crippen LogP contribution in [0.5, 0.6) is 0 Å². The van der Waals surface area contributed by atoms with Gasteiger partial charge >= 0.3 is 0 Å². The van der Waals surface area contributed by atoms with E-state index in [0.717, 1.165) is 3.57 Å². The van der Waals surface area contributed by atoms with Crippen LogP contribution < -0.4 is 0 Å². The molecule has 0 fully saturated rings. The van der Waals surface area contributed by atoms with Gasteiger partial charge in [0.2, 0.25) is 0 Å². The highest BCUT2D eigenvalue weighted by molar-refractivity contribution is 14.1. The van der Waals surface area contributed by atoms with Crippen molar-refractivity contribution in [1.29, 1.82) is 0 Å². The molecule has 0 amide bonds. The Labute approximate surface area is 99.3 Å². The lowest BCUT2D eigenvalue weighted by Crippen LogP contribution is -1.90. The molecule has 1 heterocycles. The second kappa shape index (κ2) is 4.22. The molecule has 1 aromatic carbocycles. The normalized spacial score (nSPS) is 10.3. The summed E-state index contributed by atoms with van der Waals surface area (Å²) in [5.41, 5.74) is 0.820. The van der Waals surface area contributed by atoms with Gasteiger partial charge in [0.1, 0.15) is 11.5 Å². The fourth-order valence-electron chi connectivity index (χ4n) is 1.23. The molecule has 76 valence electrons. The van der Waals surface area contributed by atoms with Crippen LogP contribution in [0.25, 0.3) is 11.3 Å². The number of hydrogen-bond donors (Lipinski definition) is 0. The monoisotopic (exact) mass is 317 g/mol. The van der Waals surface area contributed by atoms with Gasteiger partial charge in [-0.2, -0.15) is 0 Å². The molecule has 0 radical (unpaired) electrons. The van der Waals surface area contributed by atoms with E-state index in [-0.39, 0.29) is 11.5 Å². The Bertz CT molecular complexity index is 482. The Morgan fingerprint density at radius 2 is 1.73 bits per heavy atom. The van der Waals surface area contributed by atoms with E-state index in [9.17, 15) is 8.78 Å². The molecule has 0 bridgehead atoms. The number of hydrogen-bond acceptors (Lipinski definition) is 1. The molecule has 0 atom stereocenters. The third kappa shape index (κ3) is 2.31. The van der Waals surface area contributed by atoms with Crippen LogP contribution in [-0.2, 0) is 0 Å². The molecule has 0 spiro atoms. The van der Waals surface area contributed by atoms with Crippen LogP contribution in [-0.4, -0.2) is 4.98 Å². The second-order valence-corrected chi connectivity index (χ2v) is 4.24. The number of halogens is 3. The number of aromatic nitrogens is 1. The largest absolute Gasteiger partial charge is 0.252 e. The van der Waals surface area contributed by atoms with Gasteiger partial charge < -0.3 is 0 Å². The Kier molecular flexibility index (Phi) is 2.95. The lowest BCUT2D eigenvalue weighted by Gasteiger charge is -2.02. The Hall–Kier alpha value is -1.04. The van der Waals surface area contributed by atoms with E-state index in [0.29, 0.717) is 5.56 Å². The predicted molar refractivity (Wildman–Crippen MR) is 62.3 cm³/mol. The minimum Gasteiger partial charge on any atom is -0.252 e. The minimum atomic E-state index is -0.395. The molecule has 0 unspecified atom stereocenters. The van der Waals surface area contributed by atoms with E-state index in [2.05, 4.69) is 4.98 Å². The zero-order valence-corrected chi connectivity index (χ0v) is 9.70. The quantitative estimate of drug-likeness (QED) is 0.732. The SMILES string of the molecule is Fc1ccc(-c2ncc(I)cc2F)cc1. The third-order valence-corrected chi connectivity index (χ3v) is 2.52. The first-order valence-electron chi connectivity index (χ1n) is 4.24. The zero-order valence-electron chi connectivity index (χ0n) is 7.55. The van der Waals surface area contributed by atoms with E-state index in [1.807, 2.05) is 22.6 Å². The van der Waals surface area contributed by atoms with Gasteiger partial charge in [0.25, 0.3) is 0 Å². The first-order chi connectivity index (χ1) is 7.16. The molecule has 0 aliphatic carbocycles. The van der Waals surface area contributed by atoms with Crippen molar-refractivity contribution in [1.82, 2.24) is 4.98 Å². The van der Waals surface area contributed by atoms with Crippen molar-refractivity contribution in [3.8, 4) is 11.3 Å².